The molecule has 1 saturated heterocycles. The van der Waals surface area contributed by atoms with Crippen LogP contribution in [0.25, 0.3) is 0 Å². The average molecular weight is 318 g/mol. The van der Waals surface area contributed by atoms with E-state index in [9.17, 15) is 13.2 Å². The van der Waals surface area contributed by atoms with E-state index in [0.717, 1.165) is 45.0 Å². The lowest BCUT2D eigenvalue weighted by atomic mass is 10.1. The van der Waals surface area contributed by atoms with Gasteiger partial charge in [-0.05, 0) is 30.7 Å². The van der Waals surface area contributed by atoms with Crippen LogP contribution in [0.15, 0.2) is 18.2 Å². The molecule has 0 radical (unpaired) electrons. The Bertz CT molecular complexity index is 444. The summed E-state index contributed by atoms with van der Waals surface area (Å²) in [6.45, 7) is 10.3. The molecule has 126 valence electrons. The normalized spacial score (nSPS) is 15.9. The van der Waals surface area contributed by atoms with Gasteiger partial charge in [0.2, 0.25) is 0 Å². The van der Waals surface area contributed by atoms with Crippen molar-refractivity contribution in [2.45, 2.75) is 26.9 Å². The Morgan fingerprint density at radius 3 is 2.36 bits per heavy atom. The van der Waals surface area contributed by atoms with Crippen molar-refractivity contribution in [1.29, 1.82) is 0 Å². The highest BCUT2D eigenvalue weighted by Crippen LogP contribution is 2.31. The van der Waals surface area contributed by atoms with E-state index in [0.29, 0.717) is 17.8 Å². The maximum absolute atomic E-state index is 12.7. The molecule has 0 aliphatic carbocycles. The SMILES string of the molecule is CC.Cc1cc(NCCN2CCOCC2)cc(C(F)(F)F)c1. The number of nitrogens with one attached hydrogen (secondary N) is 1. The first kappa shape index (κ1) is 18.8. The molecule has 1 aromatic carbocycles. The van der Waals surface area contributed by atoms with E-state index in [-0.39, 0.29) is 0 Å². The fraction of sp³-hybridized carbons (Fsp3) is 0.625. The highest BCUT2D eigenvalue weighted by atomic mass is 19.4. The minimum Gasteiger partial charge on any atom is -0.384 e. The van der Waals surface area contributed by atoms with Crippen LogP contribution in [-0.2, 0) is 10.9 Å². The molecule has 0 amide bonds. The summed E-state index contributed by atoms with van der Waals surface area (Å²) in [6, 6.07) is 4.05. The van der Waals surface area contributed by atoms with Gasteiger partial charge in [0.25, 0.3) is 0 Å². The second-order valence-electron chi connectivity index (χ2n) is 4.97. The van der Waals surface area contributed by atoms with E-state index < -0.39 is 11.7 Å². The highest BCUT2D eigenvalue weighted by Gasteiger charge is 2.30. The Labute approximate surface area is 130 Å². The van der Waals surface area contributed by atoms with E-state index in [1.165, 1.54) is 0 Å². The summed E-state index contributed by atoms with van der Waals surface area (Å²) in [7, 11) is 0. The number of hydrogen-bond acceptors (Lipinski definition) is 3. The third kappa shape index (κ3) is 6.23. The molecule has 1 aromatic rings. The lowest BCUT2D eigenvalue weighted by Crippen LogP contribution is -2.39. The largest absolute Gasteiger partial charge is 0.416 e. The van der Waals surface area contributed by atoms with Crippen LogP contribution in [-0.4, -0.2) is 44.3 Å². The molecule has 22 heavy (non-hydrogen) atoms. The fourth-order valence-corrected chi connectivity index (χ4v) is 2.23. The van der Waals surface area contributed by atoms with Gasteiger partial charge in [-0.2, -0.15) is 13.2 Å². The van der Waals surface area contributed by atoms with Crippen LogP contribution in [0.5, 0.6) is 0 Å². The second-order valence-corrected chi connectivity index (χ2v) is 4.97. The van der Waals surface area contributed by atoms with Crippen LogP contribution in [0.2, 0.25) is 0 Å². The van der Waals surface area contributed by atoms with Crippen molar-refractivity contribution in [2.75, 3.05) is 44.7 Å². The zero-order valence-corrected chi connectivity index (χ0v) is 13.5. The second kappa shape index (κ2) is 9.00. The van der Waals surface area contributed by atoms with Crippen molar-refractivity contribution in [3.63, 3.8) is 0 Å². The Morgan fingerprint density at radius 2 is 1.77 bits per heavy atom. The molecule has 1 aliphatic rings. The molecular weight excluding hydrogens is 293 g/mol. The van der Waals surface area contributed by atoms with Crippen LogP contribution in [0.4, 0.5) is 18.9 Å². The minimum absolute atomic E-state index is 0.519. The molecule has 1 fully saturated rings. The number of benzene rings is 1. The van der Waals surface area contributed by atoms with E-state index in [4.69, 9.17) is 4.74 Å². The number of nitrogens with zero attached hydrogens (tertiary/aromatic N) is 1. The molecular formula is C16H25F3N2O. The quantitative estimate of drug-likeness (QED) is 0.914. The Hall–Kier alpha value is -1.27. The number of aryl methyl sites for hydroxylation is 1. The summed E-state index contributed by atoms with van der Waals surface area (Å²) in [5.74, 6) is 0. The first-order valence-electron chi connectivity index (χ1n) is 7.68. The fourth-order valence-electron chi connectivity index (χ4n) is 2.23. The summed E-state index contributed by atoms with van der Waals surface area (Å²) >= 11 is 0. The number of hydrogen-bond donors (Lipinski definition) is 1. The van der Waals surface area contributed by atoms with Gasteiger partial charge < -0.3 is 10.1 Å². The first-order chi connectivity index (χ1) is 10.4. The molecule has 1 aliphatic heterocycles. The zero-order chi connectivity index (χ0) is 16.6. The highest BCUT2D eigenvalue weighted by molar-refractivity contribution is 5.49. The number of ether oxygens (including phenoxy) is 1. The molecule has 3 nitrogen and oxygen atoms in total. The summed E-state index contributed by atoms with van der Waals surface area (Å²) in [5, 5.41) is 3.06. The number of rotatable bonds is 4. The van der Waals surface area contributed by atoms with Crippen molar-refractivity contribution in [3.8, 4) is 0 Å². The number of alkyl halides is 3. The van der Waals surface area contributed by atoms with E-state index >= 15 is 0 Å². The lowest BCUT2D eigenvalue weighted by Gasteiger charge is -2.26. The summed E-state index contributed by atoms with van der Waals surface area (Å²) < 4.78 is 43.4. The molecule has 1 heterocycles. The molecule has 0 bridgehead atoms. The molecule has 6 heteroatoms. The molecule has 1 N–H and O–H groups in total. The minimum atomic E-state index is -4.30. The van der Waals surface area contributed by atoms with Crippen molar-refractivity contribution < 1.29 is 17.9 Å². The summed E-state index contributed by atoms with van der Waals surface area (Å²) in [6.07, 6.45) is -4.30. The summed E-state index contributed by atoms with van der Waals surface area (Å²) in [5.41, 5.74) is 0.519. The predicted molar refractivity (Wildman–Crippen MR) is 83.3 cm³/mol. The van der Waals surface area contributed by atoms with Crippen LogP contribution >= 0.6 is 0 Å². The standard InChI is InChI=1S/C14H19F3N2O.C2H6/c1-11-8-12(14(15,16)17)10-13(9-11)18-2-3-19-4-6-20-7-5-19;1-2/h8-10,18H,2-7H2,1H3;1-2H3. The Morgan fingerprint density at radius 1 is 1.14 bits per heavy atom. The van der Waals surface area contributed by atoms with E-state index in [1.807, 2.05) is 13.8 Å². The van der Waals surface area contributed by atoms with Gasteiger partial charge in [-0.1, -0.05) is 13.8 Å². The Balaban J connectivity index is 0.00000116. The maximum atomic E-state index is 12.7. The Kier molecular flexibility index (Phi) is 7.68. The van der Waals surface area contributed by atoms with Crippen molar-refractivity contribution in [2.24, 2.45) is 0 Å². The van der Waals surface area contributed by atoms with Gasteiger partial charge in [-0.25, -0.2) is 0 Å². The van der Waals surface area contributed by atoms with Crippen molar-refractivity contribution >= 4 is 5.69 Å². The smallest absolute Gasteiger partial charge is 0.384 e. The number of morpholine rings is 1. The molecule has 0 atom stereocenters. The van der Waals surface area contributed by atoms with Gasteiger partial charge in [0.1, 0.15) is 0 Å². The molecule has 0 aromatic heterocycles. The number of halogens is 3. The molecule has 0 unspecified atom stereocenters. The molecule has 2 rings (SSSR count). The van der Waals surface area contributed by atoms with Gasteiger partial charge >= 0.3 is 6.18 Å². The van der Waals surface area contributed by atoms with Crippen LogP contribution < -0.4 is 5.32 Å². The number of anilines is 1. The van der Waals surface area contributed by atoms with Gasteiger partial charge in [0.15, 0.2) is 0 Å². The molecule has 0 spiro atoms. The maximum Gasteiger partial charge on any atom is 0.416 e. The third-order valence-electron chi connectivity index (χ3n) is 3.27. The van der Waals surface area contributed by atoms with Gasteiger partial charge in [-0.3, -0.25) is 4.90 Å². The van der Waals surface area contributed by atoms with Crippen molar-refractivity contribution in [3.05, 3.63) is 29.3 Å². The van der Waals surface area contributed by atoms with Gasteiger partial charge in [-0.15, -0.1) is 0 Å². The average Bonchev–Trinajstić information content (AvgIpc) is 2.49. The zero-order valence-electron chi connectivity index (χ0n) is 13.5. The van der Waals surface area contributed by atoms with Crippen LogP contribution in [0, 0.1) is 6.92 Å². The monoisotopic (exact) mass is 318 g/mol. The van der Waals surface area contributed by atoms with Gasteiger partial charge in [0.05, 0.1) is 18.8 Å². The lowest BCUT2D eigenvalue weighted by molar-refractivity contribution is -0.137. The topological polar surface area (TPSA) is 24.5 Å². The van der Waals surface area contributed by atoms with Crippen molar-refractivity contribution in [1.82, 2.24) is 4.90 Å². The van der Waals surface area contributed by atoms with Crippen LogP contribution in [0.3, 0.4) is 0 Å². The van der Waals surface area contributed by atoms with E-state index in [2.05, 4.69) is 10.2 Å². The van der Waals surface area contributed by atoms with Crippen LogP contribution in [0.1, 0.15) is 25.0 Å². The molecule has 0 saturated carbocycles. The first-order valence-corrected chi connectivity index (χ1v) is 7.68. The van der Waals surface area contributed by atoms with E-state index in [1.54, 1.807) is 13.0 Å². The predicted octanol–water partition coefficient (Wildman–Crippen LogP) is 3.78. The summed E-state index contributed by atoms with van der Waals surface area (Å²) in [4.78, 5) is 2.23. The van der Waals surface area contributed by atoms with Gasteiger partial charge in [0, 0.05) is 31.9 Å². The third-order valence-corrected chi connectivity index (χ3v) is 3.27.